The highest BCUT2D eigenvalue weighted by atomic mass is 16.5. The Hall–Kier alpha value is -4.98. The summed E-state index contributed by atoms with van der Waals surface area (Å²) < 4.78 is 13.2. The van der Waals surface area contributed by atoms with Crippen LogP contribution in [0.4, 0.5) is 0 Å². The van der Waals surface area contributed by atoms with Gasteiger partial charge in [-0.25, -0.2) is 0 Å². The van der Waals surface area contributed by atoms with Gasteiger partial charge < -0.3 is 30.3 Å². The lowest BCUT2D eigenvalue weighted by atomic mass is 9.79. The van der Waals surface area contributed by atoms with E-state index in [1.54, 1.807) is 0 Å². The molecule has 4 aromatic carbocycles. The summed E-state index contributed by atoms with van der Waals surface area (Å²) in [5, 5.41) is 30.7. The molecule has 7 rings (SSSR count). The van der Waals surface area contributed by atoms with E-state index >= 15 is 0 Å². The van der Waals surface area contributed by atoms with Gasteiger partial charge in [0.15, 0.2) is 13.2 Å². The van der Waals surface area contributed by atoms with E-state index in [0.29, 0.717) is 37.2 Å². The van der Waals surface area contributed by atoms with Crippen molar-refractivity contribution in [3.8, 4) is 23.0 Å². The van der Waals surface area contributed by atoms with Crippen LogP contribution in [0.2, 0.25) is 0 Å². The molecular weight excluding hydrogens is 737 g/mol. The van der Waals surface area contributed by atoms with Gasteiger partial charge >= 0.3 is 0 Å². The highest BCUT2D eigenvalue weighted by Crippen LogP contribution is 2.43. The molecule has 10 bridgehead atoms. The lowest BCUT2D eigenvalue weighted by Crippen LogP contribution is -2.44. The number of amides is 2. The predicted molar refractivity (Wildman–Crippen MR) is 237 cm³/mol. The van der Waals surface area contributed by atoms with Gasteiger partial charge in [-0.3, -0.25) is 9.59 Å². The Bertz CT molecular complexity index is 2160. The maximum Gasteiger partial charge on any atom is 0.258 e. The first kappa shape index (κ1) is 43.6. The number of phenols is 2. The highest BCUT2D eigenvalue weighted by Gasteiger charge is 2.29. The van der Waals surface area contributed by atoms with Gasteiger partial charge in [0.1, 0.15) is 23.0 Å². The fourth-order valence-electron chi connectivity index (χ4n) is 7.98. The molecule has 2 amide bonds. The van der Waals surface area contributed by atoms with Gasteiger partial charge in [-0.1, -0.05) is 132 Å². The number of hydrogen-bond donors (Lipinski definition) is 4. The number of benzene rings is 4. The summed E-state index contributed by atoms with van der Waals surface area (Å²) in [6.07, 6.45) is 1.34. The van der Waals surface area contributed by atoms with Gasteiger partial charge in [0.25, 0.3) is 11.8 Å². The van der Waals surface area contributed by atoms with Crippen molar-refractivity contribution in [1.82, 2.24) is 10.6 Å². The van der Waals surface area contributed by atoms with Crippen molar-refractivity contribution in [2.24, 2.45) is 0 Å². The van der Waals surface area contributed by atoms with Crippen LogP contribution in [0.15, 0.2) is 48.5 Å². The number of phenolic OH excluding ortho intramolecular Hbond substituents is 2. The van der Waals surface area contributed by atoms with Crippen LogP contribution in [-0.4, -0.2) is 47.8 Å². The zero-order chi connectivity index (χ0) is 43.4. The predicted octanol–water partition coefficient (Wildman–Crippen LogP) is 9.36. The van der Waals surface area contributed by atoms with Crippen molar-refractivity contribution in [2.75, 3.05) is 19.8 Å². The Labute approximate surface area is 352 Å². The first-order valence-electron chi connectivity index (χ1n) is 21.1. The third kappa shape index (κ3) is 9.91. The zero-order valence-corrected chi connectivity index (χ0v) is 37.7. The molecule has 8 nitrogen and oxygen atoms in total. The molecule has 0 aromatic heterocycles. The van der Waals surface area contributed by atoms with Crippen molar-refractivity contribution < 1.29 is 29.3 Å². The molecule has 3 aliphatic rings. The minimum Gasteiger partial charge on any atom is -0.507 e. The Morgan fingerprint density at radius 1 is 0.475 bits per heavy atom. The molecule has 1 atom stereocenters. The van der Waals surface area contributed by atoms with E-state index in [9.17, 15) is 19.8 Å². The van der Waals surface area contributed by atoms with Gasteiger partial charge in [-0.2, -0.15) is 0 Å². The molecule has 0 saturated heterocycles. The molecule has 0 radical (unpaired) electrons. The van der Waals surface area contributed by atoms with Crippen LogP contribution in [0.5, 0.6) is 23.0 Å². The molecule has 2 heterocycles. The number of rotatable bonds is 0. The van der Waals surface area contributed by atoms with Gasteiger partial charge in [-0.15, -0.1) is 0 Å². The van der Waals surface area contributed by atoms with Crippen molar-refractivity contribution >= 4 is 11.8 Å². The molecule has 0 saturated carbocycles. The average molecular weight is 803 g/mol. The van der Waals surface area contributed by atoms with Crippen molar-refractivity contribution in [3.05, 3.63) is 115 Å². The largest absolute Gasteiger partial charge is 0.507 e. The number of nitrogens with one attached hydrogen (secondary N) is 2. The maximum absolute atomic E-state index is 13.5. The molecule has 4 N–H and O–H groups in total. The molecule has 2 aliphatic heterocycles. The number of carbonyl (C=O) groups is 2. The number of carbonyl (C=O) groups excluding carboxylic acids is 2. The van der Waals surface area contributed by atoms with Gasteiger partial charge in [0.2, 0.25) is 0 Å². The lowest BCUT2D eigenvalue weighted by Gasteiger charge is -2.28. The molecular formula is C51H66N2O6. The Balaban J connectivity index is 1.78. The normalized spacial score (nSPS) is 17.0. The van der Waals surface area contributed by atoms with E-state index in [1.807, 2.05) is 6.92 Å². The standard InChI is InChI=1S/C51H66N2O6/c1-29-26-52-42(54)27-58-46-34-14-30-18-38(48(2,3)4)20-32(44(30)56)16-36-24-41(51(11,12)13)25-37(47(36)59-28-43(55)53-29)17-33-21-39(49(5,6)7)19-31(45(33)57)15-35(46)23-40(22-34)50(8,9)10/h18-25,29,56-57H,14-17,26-28H2,1-13H3,(H,52,54)(H,53,55). The molecule has 59 heavy (non-hydrogen) atoms. The van der Waals surface area contributed by atoms with Crippen molar-refractivity contribution in [1.29, 1.82) is 0 Å². The number of aromatic hydroxyl groups is 2. The van der Waals surface area contributed by atoms with Gasteiger partial charge in [-0.05, 0) is 95.3 Å². The smallest absolute Gasteiger partial charge is 0.258 e. The first-order valence-corrected chi connectivity index (χ1v) is 21.1. The van der Waals surface area contributed by atoms with E-state index in [1.165, 1.54) is 0 Å². The van der Waals surface area contributed by atoms with E-state index in [0.717, 1.165) is 66.8 Å². The second kappa shape index (κ2) is 15.9. The van der Waals surface area contributed by atoms with E-state index < -0.39 is 0 Å². The first-order chi connectivity index (χ1) is 27.3. The highest BCUT2D eigenvalue weighted by molar-refractivity contribution is 5.79. The molecule has 1 unspecified atom stereocenters. The third-order valence-corrected chi connectivity index (χ3v) is 11.7. The Kier molecular flexibility index (Phi) is 11.7. The van der Waals surface area contributed by atoms with Crippen molar-refractivity contribution in [3.63, 3.8) is 0 Å². The molecule has 8 heteroatoms. The van der Waals surface area contributed by atoms with E-state index in [4.69, 9.17) is 9.47 Å². The number of ether oxygens (including phenoxy) is 2. The fourth-order valence-corrected chi connectivity index (χ4v) is 7.98. The topological polar surface area (TPSA) is 117 Å². The van der Waals surface area contributed by atoms with Crippen LogP contribution >= 0.6 is 0 Å². The summed E-state index contributed by atoms with van der Waals surface area (Å²) in [5.41, 5.74) is 9.61. The summed E-state index contributed by atoms with van der Waals surface area (Å²) in [5.74, 6) is 0.824. The van der Waals surface area contributed by atoms with Gasteiger partial charge in [0.05, 0.1) is 0 Å². The Morgan fingerprint density at radius 2 is 0.746 bits per heavy atom. The van der Waals surface area contributed by atoms with Crippen molar-refractivity contribution in [2.45, 2.75) is 143 Å². The average Bonchev–Trinajstić information content (AvgIpc) is 3.10. The van der Waals surface area contributed by atoms with E-state index in [2.05, 4.69) is 142 Å². The second-order valence-electron chi connectivity index (χ2n) is 21.1. The minimum absolute atomic E-state index is 0.187. The summed E-state index contributed by atoms with van der Waals surface area (Å²) in [6, 6.07) is 16.6. The minimum atomic E-state index is -0.373. The van der Waals surface area contributed by atoms with Crippen LogP contribution in [0, 0.1) is 0 Å². The summed E-state index contributed by atoms with van der Waals surface area (Å²) in [7, 11) is 0. The van der Waals surface area contributed by atoms with Crippen LogP contribution in [0.25, 0.3) is 0 Å². The van der Waals surface area contributed by atoms with Crippen LogP contribution in [-0.2, 0) is 56.9 Å². The fraction of sp³-hybridized carbons (Fsp3) is 0.490. The van der Waals surface area contributed by atoms with Crippen LogP contribution < -0.4 is 20.1 Å². The molecule has 0 fully saturated rings. The Morgan fingerprint density at radius 3 is 1.03 bits per heavy atom. The molecule has 1 aliphatic carbocycles. The quantitative estimate of drug-likeness (QED) is 0.116. The van der Waals surface area contributed by atoms with E-state index in [-0.39, 0.29) is 70.8 Å². The number of hydrogen-bond acceptors (Lipinski definition) is 6. The van der Waals surface area contributed by atoms with Crippen LogP contribution in [0.1, 0.15) is 157 Å². The summed E-state index contributed by atoms with van der Waals surface area (Å²) >= 11 is 0. The van der Waals surface area contributed by atoms with Crippen LogP contribution in [0.3, 0.4) is 0 Å². The molecule has 316 valence electrons. The monoisotopic (exact) mass is 802 g/mol. The van der Waals surface area contributed by atoms with Gasteiger partial charge in [0, 0.05) is 38.3 Å². The molecule has 0 spiro atoms. The SMILES string of the molecule is CC1CNC(=O)COc2c3cc(C(C)(C)C)cc2Cc2cc(C(C)(C)C)cc(c2O)Cc2cc(C(C)(C)C)cc(c2OCC(=O)N1)Cc1cc(C(C)(C)C)cc(c1O)C3. The third-order valence-electron chi connectivity index (χ3n) is 11.7. The lowest BCUT2D eigenvalue weighted by molar-refractivity contribution is -0.125. The summed E-state index contributed by atoms with van der Waals surface area (Å²) in [6.45, 7) is 27.6. The molecule has 4 aromatic rings. The maximum atomic E-state index is 13.5. The summed E-state index contributed by atoms with van der Waals surface area (Å²) in [4.78, 5) is 27.0. The number of fused-ring (bicyclic) bond motifs is 9. The second-order valence-corrected chi connectivity index (χ2v) is 21.1. The zero-order valence-electron chi connectivity index (χ0n) is 37.7.